The quantitative estimate of drug-likeness (QED) is 0.870. The zero-order valence-corrected chi connectivity index (χ0v) is 12.2. The van der Waals surface area contributed by atoms with Gasteiger partial charge in [0, 0.05) is 26.9 Å². The molecule has 1 N–H and O–H groups in total. The number of anilines is 1. The Morgan fingerprint density at radius 3 is 2.53 bits per heavy atom. The molecule has 0 aliphatic carbocycles. The number of nitrogens with one attached hydrogen (secondary N) is 1. The van der Waals surface area contributed by atoms with Gasteiger partial charge >= 0.3 is 0 Å². The third-order valence-electron chi connectivity index (χ3n) is 2.51. The van der Waals surface area contributed by atoms with E-state index in [-0.39, 0.29) is 17.4 Å². The number of nitrogens with zero attached hydrogens (tertiary/aromatic N) is 1. The molecule has 0 heterocycles. The maximum Gasteiger partial charge on any atom is 0.250 e. The highest BCUT2D eigenvalue weighted by atomic mass is 32.2. The molecule has 1 rings (SSSR count). The van der Waals surface area contributed by atoms with Crippen LogP contribution in [0.1, 0.15) is 5.56 Å². The zero-order chi connectivity index (χ0) is 14.6. The van der Waals surface area contributed by atoms with Gasteiger partial charge in [-0.15, -0.1) is 0 Å². The van der Waals surface area contributed by atoms with Crippen LogP contribution >= 0.6 is 0 Å². The van der Waals surface area contributed by atoms with Crippen molar-refractivity contribution in [1.82, 2.24) is 4.31 Å². The highest BCUT2D eigenvalue weighted by Gasteiger charge is 2.20. The predicted octanol–water partition coefficient (Wildman–Crippen LogP) is 0.830. The minimum atomic E-state index is -3.53. The van der Waals surface area contributed by atoms with Crippen molar-refractivity contribution in [2.45, 2.75) is 11.8 Å². The van der Waals surface area contributed by atoms with Gasteiger partial charge in [0.05, 0.1) is 4.90 Å². The van der Waals surface area contributed by atoms with E-state index in [9.17, 15) is 13.2 Å². The standard InChI is InChI=1S/C12H18N2O4S/c1-9-5-6-10(13-12(15)8-18-4)7-11(9)19(16,17)14(2)3/h5-7H,8H2,1-4H3,(H,13,15). The van der Waals surface area contributed by atoms with Crippen molar-refractivity contribution in [3.05, 3.63) is 23.8 Å². The fraction of sp³-hybridized carbons (Fsp3) is 0.417. The van der Waals surface area contributed by atoms with Crippen LogP contribution in [0.25, 0.3) is 0 Å². The van der Waals surface area contributed by atoms with Crippen LogP contribution in [0.15, 0.2) is 23.1 Å². The van der Waals surface area contributed by atoms with E-state index in [1.807, 2.05) is 0 Å². The van der Waals surface area contributed by atoms with Gasteiger partial charge in [-0.1, -0.05) is 6.07 Å². The van der Waals surface area contributed by atoms with E-state index in [2.05, 4.69) is 5.32 Å². The molecule has 0 radical (unpaired) electrons. The highest BCUT2D eigenvalue weighted by Crippen LogP contribution is 2.22. The lowest BCUT2D eigenvalue weighted by Crippen LogP contribution is -2.23. The molecule has 106 valence electrons. The lowest BCUT2D eigenvalue weighted by molar-refractivity contribution is -0.119. The molecule has 0 atom stereocenters. The number of sulfonamides is 1. The molecule has 0 aliphatic heterocycles. The van der Waals surface area contributed by atoms with Crippen LogP contribution < -0.4 is 5.32 Å². The van der Waals surface area contributed by atoms with E-state index in [0.29, 0.717) is 11.3 Å². The summed E-state index contributed by atoms with van der Waals surface area (Å²) < 4.78 is 30.0. The SMILES string of the molecule is COCC(=O)Nc1ccc(C)c(S(=O)(=O)N(C)C)c1. The summed E-state index contributed by atoms with van der Waals surface area (Å²) in [7, 11) is 0.812. The average molecular weight is 286 g/mol. The second-order valence-corrected chi connectivity index (χ2v) is 6.37. The van der Waals surface area contributed by atoms with Crippen molar-refractivity contribution in [1.29, 1.82) is 0 Å². The normalized spacial score (nSPS) is 11.6. The largest absolute Gasteiger partial charge is 0.375 e. The molecule has 19 heavy (non-hydrogen) atoms. The Balaban J connectivity index is 3.12. The predicted molar refractivity (Wildman–Crippen MR) is 72.6 cm³/mol. The van der Waals surface area contributed by atoms with Gasteiger partial charge in [-0.25, -0.2) is 12.7 Å². The number of rotatable bonds is 5. The van der Waals surface area contributed by atoms with Crippen LogP contribution in [0.5, 0.6) is 0 Å². The van der Waals surface area contributed by atoms with Crippen LogP contribution in [0.3, 0.4) is 0 Å². The first-order chi connectivity index (χ1) is 8.78. The Kier molecular flexibility index (Phi) is 5.04. The van der Waals surface area contributed by atoms with Crippen molar-refractivity contribution < 1.29 is 17.9 Å². The number of methoxy groups -OCH3 is 1. The van der Waals surface area contributed by atoms with Crippen LogP contribution in [0.4, 0.5) is 5.69 Å². The first kappa shape index (κ1) is 15.6. The van der Waals surface area contributed by atoms with Gasteiger partial charge in [-0.3, -0.25) is 4.79 Å². The Bertz CT molecular complexity index is 567. The number of carbonyl (C=O) groups excluding carboxylic acids is 1. The molecule has 0 unspecified atom stereocenters. The van der Waals surface area contributed by atoms with Crippen LogP contribution in [-0.4, -0.2) is 46.4 Å². The summed E-state index contributed by atoms with van der Waals surface area (Å²) >= 11 is 0. The number of benzene rings is 1. The molecule has 0 saturated carbocycles. The summed E-state index contributed by atoms with van der Waals surface area (Å²) in [5, 5.41) is 2.57. The summed E-state index contributed by atoms with van der Waals surface area (Å²) in [6, 6.07) is 4.74. The summed E-state index contributed by atoms with van der Waals surface area (Å²) in [6.45, 7) is 1.63. The Labute approximate surface area is 113 Å². The average Bonchev–Trinajstić information content (AvgIpc) is 2.31. The van der Waals surface area contributed by atoms with E-state index in [4.69, 9.17) is 4.74 Å². The Hall–Kier alpha value is -1.44. The summed E-state index contributed by atoms with van der Waals surface area (Å²) in [4.78, 5) is 11.6. The second-order valence-electron chi connectivity index (χ2n) is 4.25. The van der Waals surface area contributed by atoms with Gasteiger partial charge in [0.1, 0.15) is 6.61 Å². The number of hydrogen-bond donors (Lipinski definition) is 1. The van der Waals surface area contributed by atoms with Gasteiger partial charge in [-0.05, 0) is 24.6 Å². The lowest BCUT2D eigenvalue weighted by Gasteiger charge is -2.15. The van der Waals surface area contributed by atoms with E-state index >= 15 is 0 Å². The number of amides is 1. The fourth-order valence-corrected chi connectivity index (χ4v) is 2.62. The first-order valence-corrected chi connectivity index (χ1v) is 7.05. The topological polar surface area (TPSA) is 75.7 Å². The Morgan fingerprint density at radius 1 is 1.37 bits per heavy atom. The summed E-state index contributed by atoms with van der Waals surface area (Å²) in [5.41, 5.74) is 1.05. The van der Waals surface area contributed by atoms with Gasteiger partial charge in [0.25, 0.3) is 0 Å². The number of hydrogen-bond acceptors (Lipinski definition) is 4. The van der Waals surface area contributed by atoms with Crippen LogP contribution in [-0.2, 0) is 19.6 Å². The molecule has 1 amide bonds. The van der Waals surface area contributed by atoms with Crippen molar-refractivity contribution in [3.8, 4) is 0 Å². The number of aryl methyl sites for hydroxylation is 1. The van der Waals surface area contributed by atoms with Crippen molar-refractivity contribution in [2.75, 3.05) is 33.1 Å². The summed E-state index contributed by atoms with van der Waals surface area (Å²) in [5.74, 6) is -0.334. The molecule has 0 saturated heterocycles. The maximum absolute atomic E-state index is 12.1. The minimum Gasteiger partial charge on any atom is -0.375 e. The third-order valence-corrected chi connectivity index (χ3v) is 4.46. The van der Waals surface area contributed by atoms with Crippen molar-refractivity contribution >= 4 is 21.6 Å². The van der Waals surface area contributed by atoms with Gasteiger partial charge in [0.15, 0.2) is 0 Å². The van der Waals surface area contributed by atoms with E-state index in [1.54, 1.807) is 19.1 Å². The highest BCUT2D eigenvalue weighted by molar-refractivity contribution is 7.89. The molecular weight excluding hydrogens is 268 g/mol. The molecule has 0 aliphatic rings. The van der Waals surface area contributed by atoms with Crippen molar-refractivity contribution in [2.24, 2.45) is 0 Å². The van der Waals surface area contributed by atoms with E-state index < -0.39 is 10.0 Å². The number of carbonyl (C=O) groups is 1. The van der Waals surface area contributed by atoms with Gasteiger partial charge in [0.2, 0.25) is 15.9 Å². The molecule has 1 aromatic carbocycles. The molecular formula is C12H18N2O4S. The summed E-state index contributed by atoms with van der Waals surface area (Å²) in [6.07, 6.45) is 0. The maximum atomic E-state index is 12.1. The Morgan fingerprint density at radius 2 is 2.00 bits per heavy atom. The third kappa shape index (κ3) is 3.76. The lowest BCUT2D eigenvalue weighted by atomic mass is 10.2. The van der Waals surface area contributed by atoms with E-state index in [1.165, 1.54) is 27.3 Å². The smallest absolute Gasteiger partial charge is 0.250 e. The van der Waals surface area contributed by atoms with E-state index in [0.717, 1.165) is 4.31 Å². The zero-order valence-electron chi connectivity index (χ0n) is 11.4. The minimum absolute atomic E-state index is 0.0797. The molecule has 0 aromatic heterocycles. The van der Waals surface area contributed by atoms with Gasteiger partial charge in [-0.2, -0.15) is 0 Å². The molecule has 0 bridgehead atoms. The molecule has 1 aromatic rings. The fourth-order valence-electron chi connectivity index (χ4n) is 1.48. The first-order valence-electron chi connectivity index (χ1n) is 5.61. The molecule has 6 nitrogen and oxygen atoms in total. The molecule has 0 fully saturated rings. The van der Waals surface area contributed by atoms with Gasteiger partial charge < -0.3 is 10.1 Å². The monoisotopic (exact) mass is 286 g/mol. The van der Waals surface area contributed by atoms with Crippen LogP contribution in [0.2, 0.25) is 0 Å². The van der Waals surface area contributed by atoms with Crippen molar-refractivity contribution in [3.63, 3.8) is 0 Å². The second kappa shape index (κ2) is 6.14. The molecule has 0 spiro atoms. The molecule has 7 heteroatoms. The van der Waals surface area contributed by atoms with Crippen LogP contribution in [0, 0.1) is 6.92 Å². The number of ether oxygens (including phenoxy) is 1.